The van der Waals surface area contributed by atoms with Gasteiger partial charge in [-0.1, -0.05) is 11.8 Å². The predicted octanol–water partition coefficient (Wildman–Crippen LogP) is 0.342. The van der Waals surface area contributed by atoms with Crippen molar-refractivity contribution in [2.24, 2.45) is 5.92 Å². The highest BCUT2D eigenvalue weighted by Gasteiger charge is 2.13. The zero-order valence-electron chi connectivity index (χ0n) is 6.50. The van der Waals surface area contributed by atoms with E-state index in [1.54, 1.807) is 6.92 Å². The third kappa shape index (κ3) is 5.43. The minimum absolute atomic E-state index is 0.00958. The van der Waals surface area contributed by atoms with Crippen LogP contribution < -0.4 is 4.89 Å². The van der Waals surface area contributed by atoms with E-state index >= 15 is 0 Å². The zero-order chi connectivity index (χ0) is 8.91. The van der Waals surface area contributed by atoms with Crippen LogP contribution in [-0.2, 0) is 14.9 Å². The van der Waals surface area contributed by atoms with Gasteiger partial charge in [-0.2, -0.15) is 0 Å². The molecule has 0 bridgehead atoms. The maximum absolute atomic E-state index is 10.9. The fraction of sp³-hybridized carbons (Fsp3) is 1.00. The second kappa shape index (κ2) is 4.92. The van der Waals surface area contributed by atoms with E-state index in [1.165, 1.54) is 7.11 Å². The van der Waals surface area contributed by atoms with Crippen molar-refractivity contribution in [1.82, 2.24) is 4.89 Å². The van der Waals surface area contributed by atoms with Gasteiger partial charge in [-0.05, 0) is 5.92 Å². The molecule has 4 nitrogen and oxygen atoms in total. The summed E-state index contributed by atoms with van der Waals surface area (Å²) in [5.41, 5.74) is 0. The van der Waals surface area contributed by atoms with E-state index in [4.69, 9.17) is 11.6 Å². The van der Waals surface area contributed by atoms with Gasteiger partial charge in [0, 0.05) is 5.88 Å². The Morgan fingerprint density at radius 1 is 1.64 bits per heavy atom. The fourth-order valence-electron chi connectivity index (χ4n) is 0.580. The Hall–Kier alpha value is 0.160. The molecule has 0 aliphatic heterocycles. The molecule has 0 saturated heterocycles. The minimum Gasteiger partial charge on any atom is -0.290 e. The summed E-state index contributed by atoms with van der Waals surface area (Å²) in [6.07, 6.45) is 0. The first-order valence-corrected chi connectivity index (χ1v) is 5.29. The Labute approximate surface area is 71.9 Å². The molecular formula is C5H12ClNO3S. The van der Waals surface area contributed by atoms with Crippen LogP contribution in [-0.4, -0.2) is 27.2 Å². The van der Waals surface area contributed by atoms with Crippen molar-refractivity contribution < 1.29 is 13.3 Å². The normalized spacial score (nSPS) is 14.8. The molecule has 1 N–H and O–H groups in total. The molecule has 0 saturated carbocycles. The van der Waals surface area contributed by atoms with E-state index in [0.717, 1.165) is 0 Å². The molecule has 0 heterocycles. The number of hydrogen-bond acceptors (Lipinski definition) is 3. The van der Waals surface area contributed by atoms with Crippen molar-refractivity contribution >= 4 is 21.6 Å². The fourth-order valence-corrected chi connectivity index (χ4v) is 2.01. The van der Waals surface area contributed by atoms with Crippen LogP contribution in [0.25, 0.3) is 0 Å². The van der Waals surface area contributed by atoms with Crippen LogP contribution in [0.5, 0.6) is 0 Å². The first kappa shape index (κ1) is 11.2. The smallest absolute Gasteiger partial charge is 0.233 e. The maximum Gasteiger partial charge on any atom is 0.233 e. The average Bonchev–Trinajstić information content (AvgIpc) is 1.86. The van der Waals surface area contributed by atoms with Gasteiger partial charge in [0.2, 0.25) is 10.0 Å². The number of alkyl halides is 1. The topological polar surface area (TPSA) is 55.4 Å². The third-order valence-electron chi connectivity index (χ3n) is 0.978. The van der Waals surface area contributed by atoms with Gasteiger partial charge < -0.3 is 0 Å². The van der Waals surface area contributed by atoms with Gasteiger partial charge in [0.15, 0.2) is 0 Å². The summed E-state index contributed by atoms with van der Waals surface area (Å²) >= 11 is 5.43. The molecule has 0 fully saturated rings. The van der Waals surface area contributed by atoms with E-state index in [1.807, 2.05) is 4.89 Å². The van der Waals surface area contributed by atoms with Gasteiger partial charge in [0.05, 0.1) is 12.9 Å². The Kier molecular flexibility index (Phi) is 4.99. The van der Waals surface area contributed by atoms with Crippen LogP contribution in [0.4, 0.5) is 0 Å². The molecule has 0 spiro atoms. The summed E-state index contributed by atoms with van der Waals surface area (Å²) in [5.74, 6) is 0.249. The third-order valence-corrected chi connectivity index (χ3v) is 2.93. The highest BCUT2D eigenvalue weighted by atomic mass is 35.5. The molecular weight excluding hydrogens is 190 g/mol. The van der Waals surface area contributed by atoms with Crippen molar-refractivity contribution in [3.63, 3.8) is 0 Å². The maximum atomic E-state index is 10.9. The van der Waals surface area contributed by atoms with Crippen molar-refractivity contribution in [3.8, 4) is 0 Å². The number of hydrogen-bond donors (Lipinski definition) is 1. The lowest BCUT2D eigenvalue weighted by Crippen LogP contribution is -2.28. The van der Waals surface area contributed by atoms with Crippen molar-refractivity contribution in [3.05, 3.63) is 0 Å². The Balaban J connectivity index is 3.92. The Bertz CT molecular complexity index is 192. The summed E-state index contributed by atoms with van der Waals surface area (Å²) < 4.78 is 21.8. The first-order valence-electron chi connectivity index (χ1n) is 3.10. The van der Waals surface area contributed by atoms with E-state index in [9.17, 15) is 8.42 Å². The number of rotatable bonds is 5. The van der Waals surface area contributed by atoms with Gasteiger partial charge >= 0.3 is 0 Å². The highest BCUT2D eigenvalue weighted by Crippen LogP contribution is 2.01. The molecule has 0 aliphatic rings. The minimum atomic E-state index is -3.30. The zero-order valence-corrected chi connectivity index (χ0v) is 8.07. The summed E-state index contributed by atoms with van der Waals surface area (Å²) in [4.78, 5) is 6.17. The molecule has 6 heteroatoms. The molecule has 0 aromatic rings. The molecule has 1 atom stereocenters. The lowest BCUT2D eigenvalue weighted by molar-refractivity contribution is 0.153. The monoisotopic (exact) mass is 201 g/mol. The molecule has 11 heavy (non-hydrogen) atoms. The summed E-state index contributed by atoms with van der Waals surface area (Å²) in [6, 6.07) is 0. The van der Waals surface area contributed by atoms with Crippen LogP contribution in [0, 0.1) is 5.92 Å². The van der Waals surface area contributed by atoms with Crippen LogP contribution in [0.1, 0.15) is 6.92 Å². The van der Waals surface area contributed by atoms with E-state index < -0.39 is 10.0 Å². The van der Waals surface area contributed by atoms with Crippen molar-refractivity contribution in [2.75, 3.05) is 18.7 Å². The second-order valence-electron chi connectivity index (χ2n) is 2.33. The second-order valence-corrected chi connectivity index (χ2v) is 4.37. The van der Waals surface area contributed by atoms with Gasteiger partial charge in [-0.15, -0.1) is 11.6 Å². The van der Waals surface area contributed by atoms with Crippen LogP contribution >= 0.6 is 11.6 Å². The van der Waals surface area contributed by atoms with Gasteiger partial charge in [0.1, 0.15) is 0 Å². The summed E-state index contributed by atoms with van der Waals surface area (Å²) in [5, 5.41) is 0. The van der Waals surface area contributed by atoms with Gasteiger partial charge in [0.25, 0.3) is 0 Å². The average molecular weight is 202 g/mol. The summed E-state index contributed by atoms with van der Waals surface area (Å²) in [6.45, 7) is 1.75. The Morgan fingerprint density at radius 2 is 2.18 bits per heavy atom. The van der Waals surface area contributed by atoms with Crippen molar-refractivity contribution in [1.29, 1.82) is 0 Å². The van der Waals surface area contributed by atoms with Crippen LogP contribution in [0.3, 0.4) is 0 Å². The molecule has 0 rings (SSSR count). The predicted molar refractivity (Wildman–Crippen MR) is 43.8 cm³/mol. The molecule has 0 amide bonds. The Morgan fingerprint density at radius 3 is 2.55 bits per heavy atom. The largest absolute Gasteiger partial charge is 0.290 e. The van der Waals surface area contributed by atoms with E-state index in [2.05, 4.69) is 4.84 Å². The first-order chi connectivity index (χ1) is 5.02. The lowest BCUT2D eigenvalue weighted by Gasteiger charge is -2.07. The molecule has 0 aromatic carbocycles. The van der Waals surface area contributed by atoms with E-state index in [0.29, 0.717) is 5.88 Å². The standard InChI is InChI=1S/C5H12ClNO3S/c1-5(3-6)4-11(8,9)7-10-2/h5,7H,3-4H2,1-2H3. The molecule has 0 aromatic heterocycles. The summed E-state index contributed by atoms with van der Waals surface area (Å²) in [7, 11) is -2.05. The molecule has 0 radical (unpaired) electrons. The van der Waals surface area contributed by atoms with E-state index in [-0.39, 0.29) is 11.7 Å². The number of sulfonamides is 1. The molecule has 0 aliphatic carbocycles. The van der Waals surface area contributed by atoms with Crippen LogP contribution in [0.2, 0.25) is 0 Å². The van der Waals surface area contributed by atoms with Crippen molar-refractivity contribution in [2.45, 2.75) is 6.92 Å². The molecule has 68 valence electrons. The molecule has 1 unspecified atom stereocenters. The number of halogens is 1. The van der Waals surface area contributed by atoms with Gasteiger partial charge in [-0.3, -0.25) is 4.84 Å². The quantitative estimate of drug-likeness (QED) is 0.516. The number of nitrogens with one attached hydrogen (secondary N) is 1. The van der Waals surface area contributed by atoms with Gasteiger partial charge in [-0.25, -0.2) is 8.42 Å². The lowest BCUT2D eigenvalue weighted by atomic mass is 10.3. The highest BCUT2D eigenvalue weighted by molar-refractivity contribution is 7.89. The van der Waals surface area contributed by atoms with Crippen LogP contribution in [0.15, 0.2) is 0 Å². The SMILES string of the molecule is CONS(=O)(=O)CC(C)CCl.